The third kappa shape index (κ3) is 8.05. The number of carbonyl (C=O) groups is 2. The first kappa shape index (κ1) is 36.1. The first-order chi connectivity index (χ1) is 25.8. The number of H-pyrrole nitrogens is 1. The second-order valence-electron chi connectivity index (χ2n) is 14.5. The van der Waals surface area contributed by atoms with E-state index in [0.717, 1.165) is 109 Å². The number of amides is 2. The van der Waals surface area contributed by atoms with Crippen molar-refractivity contribution in [3.05, 3.63) is 83.8 Å². The molecule has 53 heavy (non-hydrogen) atoms. The monoisotopic (exact) mass is 713 g/mol. The number of aromatic nitrogens is 4. The van der Waals surface area contributed by atoms with E-state index < -0.39 is 0 Å². The lowest BCUT2D eigenvalue weighted by Gasteiger charge is -2.40. The number of rotatable bonds is 12. The molecule has 0 atom stereocenters. The zero-order valence-electron chi connectivity index (χ0n) is 31.4. The van der Waals surface area contributed by atoms with Crippen molar-refractivity contribution in [1.82, 2.24) is 30.2 Å². The van der Waals surface area contributed by atoms with Crippen LogP contribution in [-0.2, 0) is 16.0 Å². The van der Waals surface area contributed by atoms with Crippen LogP contribution < -0.4 is 20.0 Å². The van der Waals surface area contributed by atoms with Gasteiger partial charge in [-0.05, 0) is 98.2 Å². The normalized spacial score (nSPS) is 15.5. The third-order valence-corrected chi connectivity index (χ3v) is 11.2. The van der Waals surface area contributed by atoms with Crippen LogP contribution in [0.5, 0.6) is 0 Å². The van der Waals surface area contributed by atoms with Crippen molar-refractivity contribution in [2.75, 3.05) is 74.1 Å². The lowest BCUT2D eigenvalue weighted by Crippen LogP contribution is -2.49. The van der Waals surface area contributed by atoms with E-state index in [1.807, 2.05) is 19.2 Å². The maximum Gasteiger partial charge on any atom is 0.221 e. The molecule has 2 amide bonds. The van der Waals surface area contributed by atoms with Gasteiger partial charge in [0.05, 0.1) is 29.0 Å². The van der Waals surface area contributed by atoms with Crippen molar-refractivity contribution in [3.8, 4) is 22.6 Å². The first-order valence-corrected chi connectivity index (χ1v) is 19.0. The summed E-state index contributed by atoms with van der Waals surface area (Å²) >= 11 is 0. The summed E-state index contributed by atoms with van der Waals surface area (Å²) in [5.74, 6) is 0.617. The fourth-order valence-electron chi connectivity index (χ4n) is 7.94. The molecular weight excluding hydrogens is 663 g/mol. The van der Waals surface area contributed by atoms with E-state index in [2.05, 4.69) is 97.3 Å². The van der Waals surface area contributed by atoms with E-state index >= 15 is 0 Å². The second-order valence-corrected chi connectivity index (χ2v) is 14.5. The highest BCUT2D eigenvalue weighted by Crippen LogP contribution is 2.32. The van der Waals surface area contributed by atoms with E-state index in [1.54, 1.807) is 18.3 Å². The van der Waals surface area contributed by atoms with Crippen LogP contribution in [0.1, 0.15) is 42.9 Å². The Labute approximate surface area is 312 Å². The summed E-state index contributed by atoms with van der Waals surface area (Å²) in [5, 5.41) is 3.62. The number of hydrogen-bond donors (Lipinski definition) is 2. The van der Waals surface area contributed by atoms with Gasteiger partial charge in [0.15, 0.2) is 0 Å². The van der Waals surface area contributed by atoms with Crippen LogP contribution in [0, 0.1) is 19.8 Å². The van der Waals surface area contributed by atoms with Crippen LogP contribution in [-0.4, -0.2) is 96.6 Å². The van der Waals surface area contributed by atoms with Crippen molar-refractivity contribution in [2.24, 2.45) is 5.92 Å². The molecule has 3 aromatic heterocycles. The summed E-state index contributed by atoms with van der Waals surface area (Å²) in [6.45, 7) is 14.1. The van der Waals surface area contributed by atoms with Gasteiger partial charge in [0.2, 0.25) is 12.3 Å². The number of benzene rings is 2. The van der Waals surface area contributed by atoms with Crippen LogP contribution in [0.25, 0.3) is 33.7 Å². The average molecular weight is 714 g/mol. The fourth-order valence-corrected chi connectivity index (χ4v) is 7.94. The van der Waals surface area contributed by atoms with Crippen molar-refractivity contribution in [1.29, 1.82) is 0 Å². The fraction of sp³-hybridized carbons (Fsp3) is 0.405. The van der Waals surface area contributed by atoms with Crippen molar-refractivity contribution < 1.29 is 9.59 Å². The molecule has 5 heterocycles. The van der Waals surface area contributed by atoms with Gasteiger partial charge in [0.25, 0.3) is 0 Å². The third-order valence-electron chi connectivity index (χ3n) is 11.2. The highest BCUT2D eigenvalue weighted by atomic mass is 16.2. The summed E-state index contributed by atoms with van der Waals surface area (Å²) < 4.78 is 0. The van der Waals surface area contributed by atoms with Gasteiger partial charge in [-0.3, -0.25) is 19.5 Å². The van der Waals surface area contributed by atoms with E-state index in [4.69, 9.17) is 4.98 Å². The van der Waals surface area contributed by atoms with Crippen LogP contribution in [0.15, 0.2) is 67.1 Å². The lowest BCUT2D eigenvalue weighted by molar-refractivity contribution is -0.120. The number of pyridine rings is 1. The maximum atomic E-state index is 11.8. The van der Waals surface area contributed by atoms with Crippen LogP contribution in [0.4, 0.5) is 17.1 Å². The molecule has 0 saturated carbocycles. The Hall–Kier alpha value is -5.29. The number of nitrogens with zero attached hydrogens (tertiary/aromatic N) is 7. The summed E-state index contributed by atoms with van der Waals surface area (Å²) in [7, 11) is 1.61. The summed E-state index contributed by atoms with van der Waals surface area (Å²) in [6.07, 6.45) is 8.09. The van der Waals surface area contributed by atoms with Crippen LogP contribution >= 0.6 is 0 Å². The number of hydrogen-bond acceptors (Lipinski definition) is 8. The molecule has 11 nitrogen and oxygen atoms in total. The Morgan fingerprint density at radius 1 is 0.906 bits per heavy atom. The molecule has 5 aromatic rings. The number of aromatic amines is 1. The first-order valence-electron chi connectivity index (χ1n) is 19.0. The topological polar surface area (TPSA) is 114 Å². The average Bonchev–Trinajstić information content (AvgIpc) is 3.64. The van der Waals surface area contributed by atoms with Crippen molar-refractivity contribution in [2.45, 2.75) is 46.5 Å². The molecule has 7 rings (SSSR count). The number of piperazine rings is 1. The maximum absolute atomic E-state index is 11.8. The van der Waals surface area contributed by atoms with Gasteiger partial charge in [-0.25, -0.2) is 9.97 Å². The molecule has 2 fully saturated rings. The molecule has 0 unspecified atom stereocenters. The second kappa shape index (κ2) is 16.2. The highest BCUT2D eigenvalue weighted by molar-refractivity contribution is 5.94. The SMILES string of the molecule is CCc1ccc(-c2ncnc3[nH]c(-c4ccc(N5CCN(CC6CCN(c7ccc(N(C=O)CCC(=O)NC)c(C)c7)CC6)CC5)cn4)cc23)cc1C. The van der Waals surface area contributed by atoms with Gasteiger partial charge in [-0.1, -0.05) is 19.1 Å². The zero-order chi connectivity index (χ0) is 36.9. The number of carbonyl (C=O) groups excluding carboxylic acids is 2. The predicted octanol–water partition coefficient (Wildman–Crippen LogP) is 6.00. The lowest BCUT2D eigenvalue weighted by atomic mass is 9.95. The molecule has 11 heteroatoms. The molecular formula is C42H51N9O2. The number of anilines is 3. The van der Waals surface area contributed by atoms with Gasteiger partial charge in [-0.2, -0.15) is 0 Å². The number of aryl methyl sites for hydroxylation is 3. The van der Waals surface area contributed by atoms with E-state index in [0.29, 0.717) is 12.5 Å². The molecule has 2 aliphatic heterocycles. The van der Waals surface area contributed by atoms with Gasteiger partial charge in [0, 0.05) is 88.2 Å². The van der Waals surface area contributed by atoms with E-state index in [1.165, 1.54) is 29.7 Å². The smallest absolute Gasteiger partial charge is 0.221 e. The van der Waals surface area contributed by atoms with Crippen molar-refractivity contribution in [3.63, 3.8) is 0 Å². The minimum Gasteiger partial charge on any atom is -0.372 e. The Balaban J connectivity index is 0.899. The number of piperidine rings is 1. The molecule has 2 aliphatic rings. The summed E-state index contributed by atoms with van der Waals surface area (Å²) in [6, 6.07) is 19.3. The Morgan fingerprint density at radius 3 is 2.36 bits per heavy atom. The molecule has 2 aromatic carbocycles. The van der Waals surface area contributed by atoms with E-state index in [9.17, 15) is 9.59 Å². The minimum absolute atomic E-state index is 0.0733. The van der Waals surface area contributed by atoms with Gasteiger partial charge < -0.3 is 25.0 Å². The molecule has 0 spiro atoms. The van der Waals surface area contributed by atoms with Gasteiger partial charge in [0.1, 0.15) is 12.0 Å². The Morgan fingerprint density at radius 2 is 1.68 bits per heavy atom. The van der Waals surface area contributed by atoms with E-state index in [-0.39, 0.29) is 12.3 Å². The van der Waals surface area contributed by atoms with Crippen molar-refractivity contribution >= 4 is 40.4 Å². The molecule has 0 radical (unpaired) electrons. The molecule has 0 bridgehead atoms. The van der Waals surface area contributed by atoms with Gasteiger partial charge in [-0.15, -0.1) is 0 Å². The molecule has 276 valence electrons. The largest absolute Gasteiger partial charge is 0.372 e. The summed E-state index contributed by atoms with van der Waals surface area (Å²) in [5.41, 5.74) is 11.6. The van der Waals surface area contributed by atoms with Crippen LogP contribution in [0.3, 0.4) is 0 Å². The number of fused-ring (bicyclic) bond motifs is 1. The summed E-state index contributed by atoms with van der Waals surface area (Å²) in [4.78, 5) is 50.1. The molecule has 2 saturated heterocycles. The Kier molecular flexibility index (Phi) is 11.0. The highest BCUT2D eigenvalue weighted by Gasteiger charge is 2.25. The van der Waals surface area contributed by atoms with Crippen LogP contribution in [0.2, 0.25) is 0 Å². The van der Waals surface area contributed by atoms with Gasteiger partial charge >= 0.3 is 0 Å². The standard InChI is InChI=1S/C42H51N9O2/c1-5-32-6-7-33(22-29(32)2)41-36-24-38(47-42(36)46-27-45-41)37-10-8-35(25-44-37)50-20-18-48(19-21-50)26-31-12-15-49(16-13-31)34-9-11-39(30(3)23-34)51(28-52)17-14-40(53)43-4/h6-11,22-25,27-28,31H,5,12-21,26H2,1-4H3,(H,43,53)(H,45,46,47). The predicted molar refractivity (Wildman–Crippen MR) is 214 cm³/mol. The molecule has 2 N–H and O–H groups in total. The Bertz CT molecular complexity index is 2040. The molecule has 0 aliphatic carbocycles. The quantitative estimate of drug-likeness (QED) is 0.151. The zero-order valence-corrected chi connectivity index (χ0v) is 31.4. The number of nitrogens with one attached hydrogen (secondary N) is 2. The minimum atomic E-state index is -0.0733.